The van der Waals surface area contributed by atoms with Crippen LogP contribution in [0.5, 0.6) is 0 Å². The van der Waals surface area contributed by atoms with E-state index in [0.717, 1.165) is 6.42 Å². The molecule has 0 aliphatic carbocycles. The van der Waals surface area contributed by atoms with Gasteiger partial charge in [0, 0.05) is 5.54 Å². The third-order valence-corrected chi connectivity index (χ3v) is 3.35. The van der Waals surface area contributed by atoms with Gasteiger partial charge >= 0.3 is 0 Å². The molecular formula is C14H23NOS. The fourth-order valence-corrected chi connectivity index (χ4v) is 2.49. The molecular weight excluding hydrogens is 230 g/mol. The van der Waals surface area contributed by atoms with Gasteiger partial charge in [0.2, 0.25) is 5.91 Å². The van der Waals surface area contributed by atoms with Gasteiger partial charge in [-0.2, -0.15) is 0 Å². The Morgan fingerprint density at radius 1 is 1.47 bits per heavy atom. The predicted molar refractivity (Wildman–Crippen MR) is 76.0 cm³/mol. The van der Waals surface area contributed by atoms with E-state index in [2.05, 4.69) is 38.3 Å². The lowest BCUT2D eigenvalue weighted by atomic mass is 10.00. The van der Waals surface area contributed by atoms with Crippen LogP contribution in [-0.4, -0.2) is 28.6 Å². The van der Waals surface area contributed by atoms with Crippen molar-refractivity contribution < 1.29 is 4.79 Å². The molecule has 0 aromatic rings. The molecule has 0 saturated carbocycles. The molecule has 0 fully saturated rings. The number of hydrogen-bond donors (Lipinski definition) is 0. The topological polar surface area (TPSA) is 20.3 Å². The van der Waals surface area contributed by atoms with E-state index in [1.165, 1.54) is 0 Å². The second-order valence-corrected chi connectivity index (χ2v) is 6.21. The Hall–Kier alpha value is -0.700. The summed E-state index contributed by atoms with van der Waals surface area (Å²) in [5.74, 6) is 0.212. The summed E-state index contributed by atoms with van der Waals surface area (Å²) >= 11 is 1.67. The second kappa shape index (κ2) is 5.76. The summed E-state index contributed by atoms with van der Waals surface area (Å²) in [5, 5.41) is 2.07. The first-order valence-electron chi connectivity index (χ1n) is 6.07. The van der Waals surface area contributed by atoms with Crippen molar-refractivity contribution in [3.05, 3.63) is 23.6 Å². The third-order valence-electron chi connectivity index (χ3n) is 2.92. The zero-order valence-electron chi connectivity index (χ0n) is 11.4. The number of thioether (sulfide) groups is 1. The summed E-state index contributed by atoms with van der Waals surface area (Å²) in [6.07, 6.45) is 9.23. The molecule has 1 heterocycles. The lowest BCUT2D eigenvalue weighted by Gasteiger charge is -2.40. The van der Waals surface area contributed by atoms with Crippen LogP contribution in [0.1, 0.15) is 34.1 Å². The van der Waals surface area contributed by atoms with Crippen LogP contribution in [0.3, 0.4) is 0 Å². The fraction of sp³-hybridized carbons (Fsp3) is 0.643. The highest BCUT2D eigenvalue weighted by molar-refractivity contribution is 8.01. The Labute approximate surface area is 109 Å². The molecule has 2 nitrogen and oxygen atoms in total. The minimum Gasteiger partial charge on any atom is -0.331 e. The van der Waals surface area contributed by atoms with Crippen LogP contribution in [0.15, 0.2) is 23.6 Å². The van der Waals surface area contributed by atoms with Crippen LogP contribution >= 0.6 is 11.8 Å². The van der Waals surface area contributed by atoms with Gasteiger partial charge in [-0.05, 0) is 38.9 Å². The highest BCUT2D eigenvalue weighted by Crippen LogP contribution is 2.26. The molecule has 0 N–H and O–H groups in total. The predicted octanol–water partition coefficient (Wildman–Crippen LogP) is 3.45. The molecule has 0 aromatic carbocycles. The van der Waals surface area contributed by atoms with Crippen molar-refractivity contribution >= 4 is 17.7 Å². The molecule has 0 bridgehead atoms. The SMILES string of the molecule is CS/C=C\C1CC=CC(C)C(=O)N1C(C)(C)C. The Balaban J connectivity index is 3.03. The van der Waals surface area contributed by atoms with Crippen LogP contribution in [-0.2, 0) is 4.79 Å². The highest BCUT2D eigenvalue weighted by Gasteiger charge is 2.34. The minimum absolute atomic E-state index is 0.0121. The zero-order chi connectivity index (χ0) is 13.1. The van der Waals surface area contributed by atoms with Crippen molar-refractivity contribution in [1.29, 1.82) is 0 Å². The summed E-state index contributed by atoms with van der Waals surface area (Å²) in [5.41, 5.74) is -0.134. The van der Waals surface area contributed by atoms with Gasteiger partial charge in [-0.3, -0.25) is 4.79 Å². The van der Waals surface area contributed by atoms with Gasteiger partial charge in [0.15, 0.2) is 0 Å². The van der Waals surface area contributed by atoms with Crippen molar-refractivity contribution in [3.8, 4) is 0 Å². The fourth-order valence-electron chi connectivity index (χ4n) is 2.15. The first-order chi connectivity index (χ1) is 7.88. The average molecular weight is 253 g/mol. The molecule has 3 heteroatoms. The van der Waals surface area contributed by atoms with Crippen LogP contribution in [0.2, 0.25) is 0 Å². The largest absolute Gasteiger partial charge is 0.331 e. The summed E-state index contributed by atoms with van der Waals surface area (Å²) in [6, 6.07) is 0.177. The number of nitrogens with zero attached hydrogens (tertiary/aromatic N) is 1. The summed E-state index contributed by atoms with van der Waals surface area (Å²) in [4.78, 5) is 14.4. The number of rotatable bonds is 2. The van der Waals surface area contributed by atoms with Crippen molar-refractivity contribution in [3.63, 3.8) is 0 Å². The maximum atomic E-state index is 12.4. The molecule has 2 atom stereocenters. The van der Waals surface area contributed by atoms with Gasteiger partial charge in [0.25, 0.3) is 0 Å². The van der Waals surface area contributed by atoms with Crippen molar-refractivity contribution in [2.45, 2.75) is 45.7 Å². The van der Waals surface area contributed by atoms with Gasteiger partial charge in [-0.1, -0.05) is 25.2 Å². The molecule has 1 amide bonds. The zero-order valence-corrected chi connectivity index (χ0v) is 12.3. The Morgan fingerprint density at radius 3 is 2.65 bits per heavy atom. The minimum atomic E-state index is -0.134. The Kier molecular flexibility index (Phi) is 4.87. The quantitative estimate of drug-likeness (QED) is 0.702. The highest BCUT2D eigenvalue weighted by atomic mass is 32.2. The monoisotopic (exact) mass is 253 g/mol. The molecule has 0 spiro atoms. The van der Waals surface area contributed by atoms with Crippen molar-refractivity contribution in [2.24, 2.45) is 5.92 Å². The van der Waals surface area contributed by atoms with Gasteiger partial charge < -0.3 is 4.90 Å². The standard InChI is InChI=1S/C14H23NOS/c1-11-7-6-8-12(9-10-17-5)15(13(11)16)14(2,3)4/h6-7,9-12H,8H2,1-5H3/b10-9-. The third kappa shape index (κ3) is 3.63. The van der Waals surface area contributed by atoms with E-state index < -0.39 is 0 Å². The first kappa shape index (κ1) is 14.4. The molecule has 0 saturated heterocycles. The van der Waals surface area contributed by atoms with Crippen LogP contribution < -0.4 is 0 Å². The normalized spacial score (nSPS) is 26.6. The van der Waals surface area contributed by atoms with Crippen LogP contribution in [0.25, 0.3) is 0 Å². The van der Waals surface area contributed by atoms with Crippen LogP contribution in [0, 0.1) is 5.92 Å². The summed E-state index contributed by atoms with van der Waals surface area (Å²) in [6.45, 7) is 8.27. The average Bonchev–Trinajstić information content (AvgIpc) is 2.35. The number of carbonyl (C=O) groups is 1. The lowest BCUT2D eigenvalue weighted by Crippen LogP contribution is -2.51. The van der Waals surface area contributed by atoms with E-state index in [4.69, 9.17) is 0 Å². The summed E-state index contributed by atoms with van der Waals surface area (Å²) in [7, 11) is 0. The Bertz CT molecular complexity index is 328. The van der Waals surface area contributed by atoms with E-state index >= 15 is 0 Å². The van der Waals surface area contributed by atoms with E-state index in [1.54, 1.807) is 11.8 Å². The molecule has 0 radical (unpaired) electrons. The summed E-state index contributed by atoms with van der Waals surface area (Å²) < 4.78 is 0. The maximum Gasteiger partial charge on any atom is 0.230 e. The second-order valence-electron chi connectivity index (χ2n) is 5.46. The maximum absolute atomic E-state index is 12.4. The molecule has 96 valence electrons. The number of hydrogen-bond acceptors (Lipinski definition) is 2. The van der Waals surface area contributed by atoms with E-state index in [-0.39, 0.29) is 23.4 Å². The number of amides is 1. The molecule has 1 aliphatic rings. The van der Waals surface area contributed by atoms with E-state index in [0.29, 0.717) is 0 Å². The Morgan fingerprint density at radius 2 is 2.12 bits per heavy atom. The lowest BCUT2D eigenvalue weighted by molar-refractivity contribution is -0.139. The molecule has 1 rings (SSSR count). The van der Waals surface area contributed by atoms with Crippen molar-refractivity contribution in [1.82, 2.24) is 4.90 Å². The first-order valence-corrected chi connectivity index (χ1v) is 7.36. The smallest absolute Gasteiger partial charge is 0.230 e. The van der Waals surface area contributed by atoms with Gasteiger partial charge in [-0.15, -0.1) is 11.8 Å². The molecule has 2 unspecified atom stereocenters. The van der Waals surface area contributed by atoms with Crippen molar-refractivity contribution in [2.75, 3.05) is 6.26 Å². The molecule has 1 aliphatic heterocycles. The molecule has 0 aromatic heterocycles. The van der Waals surface area contributed by atoms with Gasteiger partial charge in [-0.25, -0.2) is 0 Å². The van der Waals surface area contributed by atoms with Gasteiger partial charge in [0.1, 0.15) is 0 Å². The van der Waals surface area contributed by atoms with Gasteiger partial charge in [0.05, 0.1) is 12.0 Å². The molecule has 17 heavy (non-hydrogen) atoms. The van der Waals surface area contributed by atoms with Crippen LogP contribution in [0.4, 0.5) is 0 Å². The van der Waals surface area contributed by atoms with E-state index in [1.807, 2.05) is 24.2 Å². The number of carbonyl (C=O) groups excluding carboxylic acids is 1. The van der Waals surface area contributed by atoms with E-state index in [9.17, 15) is 4.79 Å².